The van der Waals surface area contributed by atoms with Crippen molar-refractivity contribution in [3.8, 4) is 0 Å². The molecule has 0 spiro atoms. The highest BCUT2D eigenvalue weighted by Gasteiger charge is 1.98. The van der Waals surface area contributed by atoms with Crippen molar-refractivity contribution in [2.24, 2.45) is 5.73 Å². The normalized spacial score (nSPS) is 17.3. The summed E-state index contributed by atoms with van der Waals surface area (Å²) in [6.45, 7) is 4.39. The van der Waals surface area contributed by atoms with Crippen LogP contribution in [0, 0.1) is 0 Å². The number of nitrogens with two attached hydrogens (primary N) is 1. The van der Waals surface area contributed by atoms with Crippen LogP contribution in [0.5, 0.6) is 0 Å². The van der Waals surface area contributed by atoms with Crippen molar-refractivity contribution in [2.45, 2.75) is 32.5 Å². The summed E-state index contributed by atoms with van der Waals surface area (Å²) in [6.07, 6.45) is 0.502. The van der Waals surface area contributed by atoms with Gasteiger partial charge < -0.3 is 10.8 Å². The van der Waals surface area contributed by atoms with Crippen LogP contribution in [0.1, 0.15) is 20.3 Å². The second-order valence-electron chi connectivity index (χ2n) is 2.25. The van der Waals surface area contributed by atoms with E-state index in [1.54, 1.807) is 6.92 Å². The first kappa shape index (κ1) is 8.88. The molecule has 56 valence electrons. The molecule has 2 atom stereocenters. The van der Waals surface area contributed by atoms with Gasteiger partial charge in [-0.15, -0.1) is 0 Å². The second kappa shape index (κ2) is 4.73. The fourth-order valence-electron chi connectivity index (χ4n) is 0.466. The summed E-state index contributed by atoms with van der Waals surface area (Å²) in [6, 6.07) is 0.166. The van der Waals surface area contributed by atoms with Gasteiger partial charge in [0.2, 0.25) is 0 Å². The maximum atomic E-state index is 8.73. The van der Waals surface area contributed by atoms with Gasteiger partial charge in [-0.1, -0.05) is 6.92 Å². The van der Waals surface area contributed by atoms with Gasteiger partial charge in [-0.3, -0.25) is 5.32 Å². The van der Waals surface area contributed by atoms with Crippen molar-refractivity contribution in [3.63, 3.8) is 0 Å². The van der Waals surface area contributed by atoms with E-state index in [-0.39, 0.29) is 6.04 Å². The maximum absolute atomic E-state index is 8.73. The van der Waals surface area contributed by atoms with E-state index in [9.17, 15) is 0 Å². The third-order valence-corrected chi connectivity index (χ3v) is 1.20. The lowest BCUT2D eigenvalue weighted by atomic mass is 10.2. The molecule has 0 rings (SSSR count). The van der Waals surface area contributed by atoms with E-state index in [4.69, 9.17) is 10.8 Å². The molecule has 0 aliphatic rings. The largest absolute Gasteiger partial charge is 0.379 e. The third-order valence-electron chi connectivity index (χ3n) is 1.20. The van der Waals surface area contributed by atoms with Gasteiger partial charge in [0.05, 0.1) is 0 Å². The Morgan fingerprint density at radius 2 is 2.22 bits per heavy atom. The van der Waals surface area contributed by atoms with E-state index >= 15 is 0 Å². The number of rotatable bonds is 4. The summed E-state index contributed by atoms with van der Waals surface area (Å²) in [5.41, 5.74) is 5.55. The van der Waals surface area contributed by atoms with Crippen LogP contribution >= 0.6 is 0 Å². The minimum Gasteiger partial charge on any atom is -0.379 e. The molecule has 2 unspecified atom stereocenters. The SMILES string of the molecule is CCC(N)CNC(C)O. The minimum absolute atomic E-state index is 0.166. The van der Waals surface area contributed by atoms with Crippen LogP contribution in [0.25, 0.3) is 0 Å². The van der Waals surface area contributed by atoms with Crippen LogP contribution < -0.4 is 11.1 Å². The van der Waals surface area contributed by atoms with Crippen LogP contribution in [-0.2, 0) is 0 Å². The topological polar surface area (TPSA) is 58.3 Å². The van der Waals surface area contributed by atoms with Gasteiger partial charge >= 0.3 is 0 Å². The van der Waals surface area contributed by atoms with E-state index in [1.807, 2.05) is 6.92 Å². The molecule has 0 amide bonds. The van der Waals surface area contributed by atoms with Gasteiger partial charge in [0.15, 0.2) is 0 Å². The van der Waals surface area contributed by atoms with E-state index in [2.05, 4.69) is 5.32 Å². The van der Waals surface area contributed by atoms with Crippen LogP contribution in [0.3, 0.4) is 0 Å². The van der Waals surface area contributed by atoms with Crippen molar-refractivity contribution >= 4 is 0 Å². The molecular formula is C6H16N2O. The summed E-state index contributed by atoms with van der Waals surface area (Å²) in [5, 5.41) is 11.6. The Morgan fingerprint density at radius 1 is 1.67 bits per heavy atom. The van der Waals surface area contributed by atoms with Crippen molar-refractivity contribution in [1.29, 1.82) is 0 Å². The smallest absolute Gasteiger partial charge is 0.102 e. The first-order valence-electron chi connectivity index (χ1n) is 3.33. The van der Waals surface area contributed by atoms with Gasteiger partial charge in [-0.2, -0.15) is 0 Å². The number of aliphatic hydroxyl groups is 1. The molecule has 3 nitrogen and oxygen atoms in total. The Labute approximate surface area is 56.2 Å². The van der Waals surface area contributed by atoms with Crippen LogP contribution in [-0.4, -0.2) is 23.9 Å². The van der Waals surface area contributed by atoms with Crippen LogP contribution in [0.15, 0.2) is 0 Å². The predicted molar refractivity (Wildman–Crippen MR) is 37.9 cm³/mol. The number of aliphatic hydroxyl groups excluding tert-OH is 1. The Balaban J connectivity index is 3.06. The van der Waals surface area contributed by atoms with E-state index in [0.717, 1.165) is 6.42 Å². The third kappa shape index (κ3) is 5.76. The lowest BCUT2D eigenvalue weighted by Gasteiger charge is -2.11. The monoisotopic (exact) mass is 132 g/mol. The molecule has 9 heavy (non-hydrogen) atoms. The van der Waals surface area contributed by atoms with E-state index < -0.39 is 6.23 Å². The highest BCUT2D eigenvalue weighted by molar-refractivity contribution is 4.61. The van der Waals surface area contributed by atoms with Crippen molar-refractivity contribution in [1.82, 2.24) is 5.32 Å². The summed E-state index contributed by atoms with van der Waals surface area (Å²) in [4.78, 5) is 0. The van der Waals surface area contributed by atoms with Crippen molar-refractivity contribution < 1.29 is 5.11 Å². The molecule has 0 aromatic carbocycles. The quantitative estimate of drug-likeness (QED) is 0.458. The molecule has 0 saturated carbocycles. The zero-order valence-corrected chi connectivity index (χ0v) is 6.09. The van der Waals surface area contributed by atoms with Gasteiger partial charge in [0.25, 0.3) is 0 Å². The fraction of sp³-hybridized carbons (Fsp3) is 1.00. The average molecular weight is 132 g/mol. The van der Waals surface area contributed by atoms with Crippen LogP contribution in [0.4, 0.5) is 0 Å². The van der Waals surface area contributed by atoms with Gasteiger partial charge in [-0.05, 0) is 13.3 Å². The Morgan fingerprint density at radius 3 is 2.56 bits per heavy atom. The number of hydrogen-bond acceptors (Lipinski definition) is 3. The Kier molecular flexibility index (Phi) is 4.67. The molecule has 0 aromatic rings. The molecule has 4 N–H and O–H groups in total. The van der Waals surface area contributed by atoms with Crippen LogP contribution in [0.2, 0.25) is 0 Å². The number of hydrogen-bond donors (Lipinski definition) is 3. The van der Waals surface area contributed by atoms with E-state index in [0.29, 0.717) is 6.54 Å². The molecule has 0 saturated heterocycles. The predicted octanol–water partition coefficient (Wildman–Crippen LogP) is -0.348. The fourth-order valence-corrected chi connectivity index (χ4v) is 0.466. The number of nitrogens with one attached hydrogen (secondary N) is 1. The first-order valence-corrected chi connectivity index (χ1v) is 3.33. The summed E-state index contributed by atoms with van der Waals surface area (Å²) in [5.74, 6) is 0. The first-order chi connectivity index (χ1) is 4.16. The Bertz CT molecular complexity index is 66.1. The molecular weight excluding hydrogens is 116 g/mol. The van der Waals surface area contributed by atoms with E-state index in [1.165, 1.54) is 0 Å². The Hall–Kier alpha value is -0.120. The molecule has 0 aromatic heterocycles. The maximum Gasteiger partial charge on any atom is 0.102 e. The molecule has 0 radical (unpaired) electrons. The van der Waals surface area contributed by atoms with Crippen molar-refractivity contribution in [2.75, 3.05) is 6.54 Å². The van der Waals surface area contributed by atoms with Gasteiger partial charge in [0.1, 0.15) is 6.23 Å². The standard InChI is InChI=1S/C6H16N2O/c1-3-6(7)4-8-5(2)9/h5-6,8-9H,3-4,7H2,1-2H3. The molecule has 3 heteroatoms. The second-order valence-corrected chi connectivity index (χ2v) is 2.25. The van der Waals surface area contributed by atoms with Gasteiger partial charge in [-0.25, -0.2) is 0 Å². The highest BCUT2D eigenvalue weighted by Crippen LogP contribution is 1.82. The minimum atomic E-state index is -0.442. The van der Waals surface area contributed by atoms with Gasteiger partial charge in [0, 0.05) is 12.6 Å². The summed E-state index contributed by atoms with van der Waals surface area (Å²) in [7, 11) is 0. The summed E-state index contributed by atoms with van der Waals surface area (Å²) >= 11 is 0. The molecule has 0 aliphatic heterocycles. The highest BCUT2D eigenvalue weighted by atomic mass is 16.3. The molecule has 0 fully saturated rings. The zero-order chi connectivity index (χ0) is 7.28. The molecule has 0 heterocycles. The molecule has 0 aliphatic carbocycles. The lowest BCUT2D eigenvalue weighted by Crippen LogP contribution is -2.37. The average Bonchev–Trinajstić information content (AvgIpc) is 1.83. The zero-order valence-electron chi connectivity index (χ0n) is 6.09. The van der Waals surface area contributed by atoms with Crippen molar-refractivity contribution in [3.05, 3.63) is 0 Å². The molecule has 0 bridgehead atoms. The summed E-state index contributed by atoms with van der Waals surface area (Å²) < 4.78 is 0. The lowest BCUT2D eigenvalue weighted by molar-refractivity contribution is 0.154.